The number of rotatable bonds is 6. The Morgan fingerprint density at radius 3 is 2.74 bits per heavy atom. The Morgan fingerprint density at radius 1 is 1.18 bits per heavy atom. The maximum atomic E-state index is 13.1. The summed E-state index contributed by atoms with van der Waals surface area (Å²) < 4.78 is 5.32. The zero-order chi connectivity index (χ0) is 24.2. The van der Waals surface area contributed by atoms with Crippen LogP contribution in [0, 0.1) is 6.92 Å². The minimum atomic E-state index is -0.241. The number of benzene rings is 3. The summed E-state index contributed by atoms with van der Waals surface area (Å²) in [6.45, 7) is 6.49. The Morgan fingerprint density at radius 2 is 1.97 bits per heavy atom. The fraction of sp³-hybridized carbons (Fsp3) is 0.250. The van der Waals surface area contributed by atoms with E-state index in [-0.39, 0.29) is 5.91 Å². The zero-order valence-electron chi connectivity index (χ0n) is 20.0. The molecule has 0 saturated carbocycles. The fourth-order valence-electron chi connectivity index (χ4n) is 4.15. The number of carbonyl (C=O) groups excluding carboxylic acids is 1. The molecule has 1 aliphatic heterocycles. The van der Waals surface area contributed by atoms with Crippen molar-refractivity contribution in [2.75, 3.05) is 24.0 Å². The lowest BCUT2D eigenvalue weighted by Crippen LogP contribution is -2.19. The number of hydroxylamine groups is 1. The van der Waals surface area contributed by atoms with Crippen LogP contribution in [-0.4, -0.2) is 24.8 Å². The molecule has 1 unspecified atom stereocenters. The van der Waals surface area contributed by atoms with Crippen LogP contribution < -0.4 is 15.1 Å². The smallest absolute Gasteiger partial charge is 0.255 e. The van der Waals surface area contributed by atoms with Gasteiger partial charge in [-0.05, 0) is 73.2 Å². The Kier molecular flexibility index (Phi) is 7.29. The first kappa shape index (κ1) is 23.9. The second kappa shape index (κ2) is 10.4. The highest BCUT2D eigenvalue weighted by Gasteiger charge is 2.20. The van der Waals surface area contributed by atoms with Crippen molar-refractivity contribution in [2.45, 2.75) is 38.0 Å². The van der Waals surface area contributed by atoms with Gasteiger partial charge in [0.05, 0.1) is 7.11 Å². The molecule has 176 valence electrons. The Labute approximate surface area is 205 Å². The number of fused-ring (bicyclic) bond motifs is 1. The van der Waals surface area contributed by atoms with Crippen molar-refractivity contribution in [3.63, 3.8) is 0 Å². The average Bonchev–Trinajstić information content (AvgIpc) is 3.03. The lowest BCUT2D eigenvalue weighted by Gasteiger charge is -2.19. The molecule has 34 heavy (non-hydrogen) atoms. The number of methoxy groups -OCH3 is 1. The predicted octanol–water partition coefficient (Wildman–Crippen LogP) is 7.11. The topological polar surface area (TPSA) is 61.8 Å². The number of anilines is 2. The Balaban J connectivity index is 1.62. The molecule has 2 N–H and O–H groups in total. The summed E-state index contributed by atoms with van der Waals surface area (Å²) in [4.78, 5) is 15.6. The van der Waals surface area contributed by atoms with Gasteiger partial charge in [-0.3, -0.25) is 15.1 Å². The molecular formula is C28H30N2O3S. The minimum Gasteiger partial charge on any atom is -0.494 e. The van der Waals surface area contributed by atoms with E-state index in [4.69, 9.17) is 4.74 Å². The maximum absolute atomic E-state index is 13.1. The molecule has 3 aromatic carbocycles. The van der Waals surface area contributed by atoms with Gasteiger partial charge in [-0.1, -0.05) is 55.1 Å². The molecule has 1 aliphatic rings. The van der Waals surface area contributed by atoms with E-state index < -0.39 is 0 Å². The van der Waals surface area contributed by atoms with Crippen LogP contribution in [0.3, 0.4) is 0 Å². The zero-order valence-corrected chi connectivity index (χ0v) is 20.8. The minimum absolute atomic E-state index is 0.241. The van der Waals surface area contributed by atoms with Gasteiger partial charge in [-0.2, -0.15) is 0 Å². The van der Waals surface area contributed by atoms with Crippen LogP contribution in [0.2, 0.25) is 0 Å². The van der Waals surface area contributed by atoms with Crippen molar-refractivity contribution < 1.29 is 14.7 Å². The Bertz CT molecular complexity index is 1240. The summed E-state index contributed by atoms with van der Waals surface area (Å²) in [7, 11) is 1.54. The molecule has 3 aromatic rings. The van der Waals surface area contributed by atoms with E-state index in [9.17, 15) is 10.0 Å². The molecular weight excluding hydrogens is 444 g/mol. The normalized spacial score (nSPS) is 15.1. The molecule has 0 fully saturated rings. The number of ether oxygens (including phenoxy) is 1. The second-order valence-corrected chi connectivity index (χ2v) is 9.46. The van der Waals surface area contributed by atoms with Crippen LogP contribution in [0.25, 0.3) is 4.91 Å². The van der Waals surface area contributed by atoms with E-state index in [1.54, 1.807) is 30.0 Å². The van der Waals surface area contributed by atoms with Gasteiger partial charge in [-0.25, -0.2) is 0 Å². The number of hydrogen-bond donors (Lipinski definition) is 2. The van der Waals surface area contributed by atoms with E-state index in [1.165, 1.54) is 22.5 Å². The van der Waals surface area contributed by atoms with E-state index in [0.717, 1.165) is 28.3 Å². The number of nitrogens with one attached hydrogen (secondary N) is 1. The SMILES string of the molecule is CCN(O)c1cc(C(=O)Nc2cccc(C3=CCC(C)c4ccccc4S3)c2C)ccc1OC. The lowest BCUT2D eigenvalue weighted by molar-refractivity contribution is 0.102. The average molecular weight is 475 g/mol. The molecule has 0 saturated heterocycles. The quantitative estimate of drug-likeness (QED) is 0.373. The van der Waals surface area contributed by atoms with Crippen LogP contribution in [0.4, 0.5) is 11.4 Å². The van der Waals surface area contributed by atoms with Crippen molar-refractivity contribution in [3.05, 3.63) is 89.0 Å². The largest absolute Gasteiger partial charge is 0.494 e. The fourth-order valence-corrected chi connectivity index (χ4v) is 5.43. The van der Waals surface area contributed by atoms with Crippen molar-refractivity contribution in [3.8, 4) is 5.75 Å². The first-order chi connectivity index (χ1) is 16.4. The van der Waals surface area contributed by atoms with Crippen LogP contribution in [-0.2, 0) is 0 Å². The Hall–Kier alpha value is -3.22. The van der Waals surface area contributed by atoms with E-state index >= 15 is 0 Å². The van der Waals surface area contributed by atoms with Crippen molar-refractivity contribution in [1.29, 1.82) is 0 Å². The van der Waals surface area contributed by atoms with Crippen molar-refractivity contribution in [2.24, 2.45) is 0 Å². The van der Waals surface area contributed by atoms with E-state index in [0.29, 0.717) is 29.5 Å². The molecule has 0 spiro atoms. The van der Waals surface area contributed by atoms with E-state index in [2.05, 4.69) is 48.6 Å². The molecule has 5 nitrogen and oxygen atoms in total. The molecule has 1 heterocycles. The molecule has 4 rings (SSSR count). The number of thioether (sulfide) groups is 1. The first-order valence-electron chi connectivity index (χ1n) is 11.5. The van der Waals surface area contributed by atoms with Gasteiger partial charge in [0.15, 0.2) is 0 Å². The molecule has 0 aliphatic carbocycles. The number of nitrogens with zero attached hydrogens (tertiary/aromatic N) is 1. The van der Waals surface area contributed by atoms with Gasteiger partial charge in [0.1, 0.15) is 11.4 Å². The highest BCUT2D eigenvalue weighted by Crippen LogP contribution is 2.44. The molecule has 6 heteroatoms. The van der Waals surface area contributed by atoms with Gasteiger partial charge < -0.3 is 10.1 Å². The maximum Gasteiger partial charge on any atom is 0.255 e. The number of allylic oxidation sites excluding steroid dienone is 1. The third-order valence-electron chi connectivity index (χ3n) is 6.19. The standard InChI is InChI=1S/C28H30N2O3S/c1-5-30(32)24-17-20(14-15-25(24)33-4)28(31)29-23-11-8-10-22(19(23)3)27-16-13-18(2)21-9-6-7-12-26(21)34-27/h6-12,14-18,32H,5,13H2,1-4H3,(H,29,31). The van der Waals surface area contributed by atoms with Crippen LogP contribution >= 0.6 is 11.8 Å². The summed E-state index contributed by atoms with van der Waals surface area (Å²) in [5, 5.41) is 14.3. The molecule has 1 atom stereocenters. The lowest BCUT2D eigenvalue weighted by atomic mass is 9.97. The molecule has 0 radical (unpaired) electrons. The van der Waals surface area contributed by atoms with Gasteiger partial charge in [0, 0.05) is 27.6 Å². The van der Waals surface area contributed by atoms with Crippen molar-refractivity contribution in [1.82, 2.24) is 0 Å². The molecule has 0 bridgehead atoms. The van der Waals surface area contributed by atoms with E-state index in [1.807, 2.05) is 26.0 Å². The van der Waals surface area contributed by atoms with Crippen LogP contribution in [0.1, 0.15) is 53.2 Å². The highest BCUT2D eigenvalue weighted by molar-refractivity contribution is 8.08. The monoisotopic (exact) mass is 474 g/mol. The highest BCUT2D eigenvalue weighted by atomic mass is 32.2. The summed E-state index contributed by atoms with van der Waals surface area (Å²) >= 11 is 1.79. The van der Waals surface area contributed by atoms with Gasteiger partial charge in [0.2, 0.25) is 0 Å². The number of hydrogen-bond acceptors (Lipinski definition) is 5. The van der Waals surface area contributed by atoms with Gasteiger partial charge in [0.25, 0.3) is 5.91 Å². The number of amides is 1. The summed E-state index contributed by atoms with van der Waals surface area (Å²) in [5.41, 5.74) is 5.18. The number of carbonyl (C=O) groups is 1. The first-order valence-corrected chi connectivity index (χ1v) is 12.3. The van der Waals surface area contributed by atoms with Crippen LogP contribution in [0.5, 0.6) is 5.75 Å². The predicted molar refractivity (Wildman–Crippen MR) is 140 cm³/mol. The summed E-state index contributed by atoms with van der Waals surface area (Å²) in [5.74, 6) is 0.726. The van der Waals surface area contributed by atoms with Crippen molar-refractivity contribution >= 4 is 33.9 Å². The van der Waals surface area contributed by atoms with Crippen LogP contribution in [0.15, 0.2) is 71.6 Å². The molecule has 0 aromatic heterocycles. The summed E-state index contributed by atoms with van der Waals surface area (Å²) in [6, 6.07) is 19.6. The van der Waals surface area contributed by atoms with Gasteiger partial charge in [-0.15, -0.1) is 0 Å². The second-order valence-electron chi connectivity index (χ2n) is 8.38. The third kappa shape index (κ3) is 4.83. The van der Waals surface area contributed by atoms with Gasteiger partial charge >= 0.3 is 0 Å². The summed E-state index contributed by atoms with van der Waals surface area (Å²) in [6.07, 6.45) is 3.28. The third-order valence-corrected chi connectivity index (χ3v) is 7.39. The molecule has 1 amide bonds.